The summed E-state index contributed by atoms with van der Waals surface area (Å²) in [6, 6.07) is 2.52. The number of aromatic nitrogens is 2. The Morgan fingerprint density at radius 3 is 3.26 bits per heavy atom. The first-order valence-corrected chi connectivity index (χ1v) is 7.09. The van der Waals surface area contributed by atoms with Crippen LogP contribution in [0.3, 0.4) is 0 Å². The van der Waals surface area contributed by atoms with E-state index in [9.17, 15) is 4.79 Å². The molecule has 1 aromatic rings. The van der Waals surface area contributed by atoms with E-state index in [1.807, 2.05) is 17.8 Å². The fourth-order valence-electron chi connectivity index (χ4n) is 3.07. The minimum atomic E-state index is -0.220. The number of morpholine rings is 1. The van der Waals surface area contributed by atoms with Gasteiger partial charge in [0.05, 0.1) is 6.61 Å². The molecule has 5 heteroatoms. The van der Waals surface area contributed by atoms with Crippen LogP contribution in [0.2, 0.25) is 0 Å². The Bertz CT molecular complexity index is 457. The monoisotopic (exact) mass is 263 g/mol. The molecule has 3 heterocycles. The Morgan fingerprint density at radius 1 is 1.58 bits per heavy atom. The van der Waals surface area contributed by atoms with Crippen LogP contribution in [0.15, 0.2) is 12.3 Å². The van der Waals surface area contributed by atoms with Gasteiger partial charge in [0.2, 0.25) is 0 Å². The molecule has 0 bridgehead atoms. The molecule has 0 N–H and O–H groups in total. The Hall–Kier alpha value is -1.20. The number of ketones is 1. The van der Waals surface area contributed by atoms with Crippen molar-refractivity contribution >= 4 is 5.78 Å². The zero-order valence-corrected chi connectivity index (χ0v) is 11.4. The number of rotatable bonds is 4. The Kier molecular flexibility index (Phi) is 3.66. The first-order chi connectivity index (χ1) is 9.24. The number of aryl methyl sites for hydroxylation is 2. The fraction of sp³-hybridized carbons (Fsp3) is 0.714. The summed E-state index contributed by atoms with van der Waals surface area (Å²) >= 11 is 0. The van der Waals surface area contributed by atoms with Crippen LogP contribution in [0.5, 0.6) is 0 Å². The Balaban J connectivity index is 1.52. The van der Waals surface area contributed by atoms with Crippen LogP contribution in [0.4, 0.5) is 0 Å². The summed E-state index contributed by atoms with van der Waals surface area (Å²) in [5.74, 6) is 0.228. The highest BCUT2D eigenvalue weighted by molar-refractivity contribution is 5.83. The number of Topliss-reactive ketones (excluding diaryl/α,β-unsaturated/α-hetero) is 1. The molecule has 2 unspecified atom stereocenters. The number of nitrogens with zero attached hydrogens (tertiary/aromatic N) is 3. The molecule has 2 atom stereocenters. The maximum Gasteiger partial charge on any atom is 0.163 e. The number of carbonyl (C=O) groups excluding carboxylic acids is 1. The zero-order valence-electron chi connectivity index (χ0n) is 11.4. The lowest BCUT2D eigenvalue weighted by atomic mass is 10.1. The van der Waals surface area contributed by atoms with Crippen molar-refractivity contribution in [1.29, 1.82) is 0 Å². The number of ether oxygens (including phenoxy) is 1. The summed E-state index contributed by atoms with van der Waals surface area (Å²) in [5.41, 5.74) is 1.10. The van der Waals surface area contributed by atoms with Gasteiger partial charge in [-0.3, -0.25) is 14.4 Å². The van der Waals surface area contributed by atoms with E-state index >= 15 is 0 Å². The molecule has 19 heavy (non-hydrogen) atoms. The molecule has 2 aliphatic rings. The quantitative estimate of drug-likeness (QED) is 0.805. The first kappa shape index (κ1) is 12.8. The van der Waals surface area contributed by atoms with Crippen molar-refractivity contribution in [1.82, 2.24) is 14.7 Å². The van der Waals surface area contributed by atoms with E-state index < -0.39 is 0 Å². The Morgan fingerprint density at radius 2 is 2.47 bits per heavy atom. The van der Waals surface area contributed by atoms with Gasteiger partial charge in [-0.25, -0.2) is 0 Å². The molecule has 2 fully saturated rings. The summed E-state index contributed by atoms with van der Waals surface area (Å²) in [7, 11) is 1.91. The molecular formula is C14H21N3O2. The van der Waals surface area contributed by atoms with Gasteiger partial charge in [-0.05, 0) is 31.9 Å². The van der Waals surface area contributed by atoms with E-state index in [-0.39, 0.29) is 11.9 Å². The van der Waals surface area contributed by atoms with E-state index in [0.717, 1.165) is 31.8 Å². The van der Waals surface area contributed by atoms with Gasteiger partial charge in [-0.1, -0.05) is 0 Å². The van der Waals surface area contributed by atoms with Gasteiger partial charge < -0.3 is 4.74 Å². The normalized spacial score (nSPS) is 27.4. The summed E-state index contributed by atoms with van der Waals surface area (Å²) < 4.78 is 7.57. The molecule has 0 aliphatic carbocycles. The lowest BCUT2D eigenvalue weighted by Gasteiger charge is -2.34. The van der Waals surface area contributed by atoms with Gasteiger partial charge in [0.1, 0.15) is 6.10 Å². The van der Waals surface area contributed by atoms with Gasteiger partial charge in [0.25, 0.3) is 0 Å². The lowest BCUT2D eigenvalue weighted by molar-refractivity contribution is -0.138. The predicted octanol–water partition coefficient (Wildman–Crippen LogP) is 0.785. The van der Waals surface area contributed by atoms with Crippen molar-refractivity contribution in [2.24, 2.45) is 7.05 Å². The zero-order chi connectivity index (χ0) is 13.2. The van der Waals surface area contributed by atoms with Crippen molar-refractivity contribution in [3.63, 3.8) is 0 Å². The van der Waals surface area contributed by atoms with Crippen molar-refractivity contribution in [2.45, 2.75) is 37.8 Å². The maximum atomic E-state index is 12.2. The molecule has 0 aromatic carbocycles. The first-order valence-electron chi connectivity index (χ1n) is 7.09. The smallest absolute Gasteiger partial charge is 0.163 e. The molecule has 1 aromatic heterocycles. The van der Waals surface area contributed by atoms with E-state index in [4.69, 9.17) is 4.74 Å². The van der Waals surface area contributed by atoms with Gasteiger partial charge in [0.15, 0.2) is 5.78 Å². The highest BCUT2D eigenvalue weighted by Crippen LogP contribution is 2.23. The number of carbonyl (C=O) groups is 1. The third kappa shape index (κ3) is 2.72. The molecule has 3 rings (SSSR count). The van der Waals surface area contributed by atoms with E-state index in [0.29, 0.717) is 12.5 Å². The molecule has 0 amide bonds. The SMILES string of the molecule is Cn1nccc1CCC(=O)C1CN2CCCC2CO1. The topological polar surface area (TPSA) is 47.4 Å². The molecule has 2 aliphatic heterocycles. The molecule has 2 saturated heterocycles. The summed E-state index contributed by atoms with van der Waals surface area (Å²) in [5, 5.41) is 4.12. The lowest BCUT2D eigenvalue weighted by Crippen LogP contribution is -2.49. The van der Waals surface area contributed by atoms with E-state index in [1.165, 1.54) is 12.8 Å². The average Bonchev–Trinajstić information content (AvgIpc) is 3.03. The van der Waals surface area contributed by atoms with Crippen LogP contribution in [0.25, 0.3) is 0 Å². The highest BCUT2D eigenvalue weighted by atomic mass is 16.5. The van der Waals surface area contributed by atoms with Gasteiger partial charge in [0, 0.05) is 37.9 Å². The second-order valence-electron chi connectivity index (χ2n) is 5.53. The minimum absolute atomic E-state index is 0.220. The average molecular weight is 263 g/mol. The van der Waals surface area contributed by atoms with Gasteiger partial charge in [-0.2, -0.15) is 5.10 Å². The van der Waals surface area contributed by atoms with Gasteiger partial charge in [-0.15, -0.1) is 0 Å². The summed E-state index contributed by atoms with van der Waals surface area (Å²) in [6.45, 7) is 2.64. The van der Waals surface area contributed by atoms with Crippen molar-refractivity contribution in [3.8, 4) is 0 Å². The van der Waals surface area contributed by atoms with E-state index in [2.05, 4.69) is 10.00 Å². The predicted molar refractivity (Wildman–Crippen MR) is 70.9 cm³/mol. The van der Waals surface area contributed by atoms with Crippen molar-refractivity contribution in [3.05, 3.63) is 18.0 Å². The highest BCUT2D eigenvalue weighted by Gasteiger charge is 2.34. The third-order valence-corrected chi connectivity index (χ3v) is 4.30. The number of fused-ring (bicyclic) bond motifs is 1. The Labute approximate surface area is 113 Å². The van der Waals surface area contributed by atoms with Gasteiger partial charge >= 0.3 is 0 Å². The van der Waals surface area contributed by atoms with Crippen LogP contribution in [-0.4, -0.2) is 52.3 Å². The summed E-state index contributed by atoms with van der Waals surface area (Å²) in [4.78, 5) is 14.6. The van der Waals surface area contributed by atoms with Crippen molar-refractivity contribution < 1.29 is 9.53 Å². The summed E-state index contributed by atoms with van der Waals surface area (Å²) in [6.07, 6.45) is 5.30. The standard InChI is InChI=1S/C14H21N3O2/c1-16-11(6-7-15-16)4-5-13(18)14-9-17-8-2-3-12(17)10-19-14/h6-7,12,14H,2-5,8-10H2,1H3. The molecule has 0 radical (unpaired) electrons. The second-order valence-corrected chi connectivity index (χ2v) is 5.53. The second kappa shape index (κ2) is 5.43. The third-order valence-electron chi connectivity index (χ3n) is 4.30. The molecule has 0 saturated carbocycles. The molecule has 5 nitrogen and oxygen atoms in total. The van der Waals surface area contributed by atoms with Crippen LogP contribution < -0.4 is 0 Å². The molecule has 104 valence electrons. The van der Waals surface area contributed by atoms with Crippen molar-refractivity contribution in [2.75, 3.05) is 19.7 Å². The largest absolute Gasteiger partial charge is 0.367 e. The molecule has 0 spiro atoms. The van der Waals surface area contributed by atoms with Crippen LogP contribution in [0, 0.1) is 0 Å². The maximum absolute atomic E-state index is 12.2. The van der Waals surface area contributed by atoms with Crippen LogP contribution in [0.1, 0.15) is 25.0 Å². The van der Waals surface area contributed by atoms with Crippen LogP contribution >= 0.6 is 0 Å². The van der Waals surface area contributed by atoms with Crippen LogP contribution in [-0.2, 0) is 23.0 Å². The minimum Gasteiger partial charge on any atom is -0.367 e. The number of hydrogen-bond acceptors (Lipinski definition) is 4. The number of hydrogen-bond donors (Lipinski definition) is 0. The fourth-order valence-corrected chi connectivity index (χ4v) is 3.07. The molecular weight excluding hydrogens is 242 g/mol. The van der Waals surface area contributed by atoms with E-state index in [1.54, 1.807) is 6.20 Å².